The summed E-state index contributed by atoms with van der Waals surface area (Å²) in [6, 6.07) is 11.9. The third kappa shape index (κ3) is 2.90. The van der Waals surface area contributed by atoms with Crippen molar-refractivity contribution in [2.75, 3.05) is 11.9 Å². The van der Waals surface area contributed by atoms with Crippen molar-refractivity contribution in [2.24, 2.45) is 0 Å². The number of nitriles is 1. The number of aromatic nitrogens is 1. The fourth-order valence-electron chi connectivity index (χ4n) is 1.57. The molecule has 0 aliphatic rings. The summed E-state index contributed by atoms with van der Waals surface area (Å²) >= 11 is 5.83. The molecule has 0 spiro atoms. The molecule has 2 rings (SSSR count). The van der Waals surface area contributed by atoms with E-state index in [2.05, 4.69) is 4.98 Å². The third-order valence-electron chi connectivity index (χ3n) is 2.63. The Bertz CT molecular complexity index is 646. The number of amides is 1. The molecule has 1 aromatic carbocycles. The highest BCUT2D eigenvalue weighted by Gasteiger charge is 2.14. The Kier molecular flexibility index (Phi) is 3.79. The minimum atomic E-state index is -0.257. The summed E-state index contributed by atoms with van der Waals surface area (Å²) < 4.78 is 0. The predicted octanol–water partition coefficient (Wildman–Crippen LogP) is 2.88. The van der Waals surface area contributed by atoms with Crippen molar-refractivity contribution >= 4 is 23.2 Å². The Morgan fingerprint density at radius 1 is 1.32 bits per heavy atom. The van der Waals surface area contributed by atoms with Gasteiger partial charge in [-0.05, 0) is 36.4 Å². The molecule has 5 heteroatoms. The van der Waals surface area contributed by atoms with Gasteiger partial charge in [0.1, 0.15) is 5.69 Å². The largest absolute Gasteiger partial charge is 0.310 e. The average molecular weight is 272 g/mol. The van der Waals surface area contributed by atoms with Gasteiger partial charge < -0.3 is 4.90 Å². The number of carbonyl (C=O) groups is 1. The van der Waals surface area contributed by atoms with E-state index in [-0.39, 0.29) is 11.6 Å². The Morgan fingerprint density at radius 3 is 2.58 bits per heavy atom. The minimum Gasteiger partial charge on any atom is -0.310 e. The zero-order valence-corrected chi connectivity index (χ0v) is 10.9. The molecule has 19 heavy (non-hydrogen) atoms. The zero-order chi connectivity index (χ0) is 13.8. The molecule has 0 saturated carbocycles. The van der Waals surface area contributed by atoms with E-state index in [9.17, 15) is 4.79 Å². The van der Waals surface area contributed by atoms with Crippen LogP contribution in [-0.2, 0) is 0 Å². The van der Waals surface area contributed by atoms with Gasteiger partial charge in [0.2, 0.25) is 0 Å². The molecule has 1 heterocycles. The van der Waals surface area contributed by atoms with Crippen molar-refractivity contribution in [2.45, 2.75) is 0 Å². The van der Waals surface area contributed by atoms with Gasteiger partial charge in [-0.15, -0.1) is 0 Å². The van der Waals surface area contributed by atoms with E-state index >= 15 is 0 Å². The lowest BCUT2D eigenvalue weighted by Gasteiger charge is -2.16. The van der Waals surface area contributed by atoms with Crippen LogP contribution >= 0.6 is 11.6 Å². The predicted molar refractivity (Wildman–Crippen MR) is 73.1 cm³/mol. The number of pyridine rings is 1. The van der Waals surface area contributed by atoms with E-state index in [0.29, 0.717) is 16.3 Å². The second kappa shape index (κ2) is 5.51. The first kappa shape index (κ1) is 13.1. The second-order valence-electron chi connectivity index (χ2n) is 3.88. The first-order chi connectivity index (χ1) is 9.11. The van der Waals surface area contributed by atoms with Crippen LogP contribution in [0.5, 0.6) is 0 Å². The lowest BCUT2D eigenvalue weighted by atomic mass is 10.2. The molecule has 0 atom stereocenters. The van der Waals surface area contributed by atoms with Gasteiger partial charge in [0, 0.05) is 24.0 Å². The average Bonchev–Trinajstić information content (AvgIpc) is 2.46. The SMILES string of the molecule is CN(C(=O)c1cc(Cl)ccn1)c1ccc(C#N)cc1. The van der Waals surface area contributed by atoms with Gasteiger partial charge in [0.25, 0.3) is 5.91 Å². The van der Waals surface area contributed by atoms with Gasteiger partial charge in [-0.3, -0.25) is 9.78 Å². The lowest BCUT2D eigenvalue weighted by molar-refractivity contribution is 0.0988. The zero-order valence-electron chi connectivity index (χ0n) is 10.2. The van der Waals surface area contributed by atoms with E-state index in [0.717, 1.165) is 0 Å². The summed E-state index contributed by atoms with van der Waals surface area (Å²) in [4.78, 5) is 17.6. The highest BCUT2D eigenvalue weighted by atomic mass is 35.5. The van der Waals surface area contributed by atoms with Gasteiger partial charge in [0.15, 0.2) is 0 Å². The summed E-state index contributed by atoms with van der Waals surface area (Å²) in [5.74, 6) is -0.257. The van der Waals surface area contributed by atoms with E-state index < -0.39 is 0 Å². The number of nitrogens with zero attached hydrogens (tertiary/aromatic N) is 3. The maximum absolute atomic E-state index is 12.2. The Balaban J connectivity index is 2.26. The van der Waals surface area contributed by atoms with Crippen LogP contribution in [0.25, 0.3) is 0 Å². The minimum absolute atomic E-state index is 0.257. The van der Waals surface area contributed by atoms with Crippen molar-refractivity contribution in [3.63, 3.8) is 0 Å². The maximum atomic E-state index is 12.2. The van der Waals surface area contributed by atoms with E-state index in [1.54, 1.807) is 37.4 Å². The summed E-state index contributed by atoms with van der Waals surface area (Å²) in [6.07, 6.45) is 1.49. The van der Waals surface area contributed by atoms with Crippen molar-refractivity contribution < 1.29 is 4.79 Å². The highest BCUT2D eigenvalue weighted by Crippen LogP contribution is 2.17. The third-order valence-corrected chi connectivity index (χ3v) is 2.86. The molecule has 1 aromatic heterocycles. The number of rotatable bonds is 2. The number of hydrogen-bond donors (Lipinski definition) is 0. The molecule has 0 aliphatic carbocycles. The van der Waals surface area contributed by atoms with E-state index in [4.69, 9.17) is 16.9 Å². The second-order valence-corrected chi connectivity index (χ2v) is 4.32. The number of halogens is 1. The molecular formula is C14H10ClN3O. The standard InChI is InChI=1S/C14H10ClN3O/c1-18(12-4-2-10(9-16)3-5-12)14(19)13-8-11(15)6-7-17-13/h2-8H,1H3. The van der Waals surface area contributed by atoms with Gasteiger partial charge >= 0.3 is 0 Å². The first-order valence-corrected chi connectivity index (χ1v) is 5.89. The lowest BCUT2D eigenvalue weighted by Crippen LogP contribution is -2.26. The van der Waals surface area contributed by atoms with Crippen molar-refractivity contribution in [1.29, 1.82) is 5.26 Å². The van der Waals surface area contributed by atoms with Gasteiger partial charge in [-0.2, -0.15) is 5.26 Å². The molecule has 0 radical (unpaired) electrons. The number of benzene rings is 1. The monoisotopic (exact) mass is 271 g/mol. The van der Waals surface area contributed by atoms with Crippen LogP contribution in [-0.4, -0.2) is 17.9 Å². The quantitative estimate of drug-likeness (QED) is 0.844. The summed E-state index contributed by atoms with van der Waals surface area (Å²) in [5.41, 5.74) is 1.51. The van der Waals surface area contributed by atoms with Crippen molar-refractivity contribution in [1.82, 2.24) is 4.98 Å². The Labute approximate surface area is 115 Å². The molecule has 0 saturated heterocycles. The highest BCUT2D eigenvalue weighted by molar-refractivity contribution is 6.31. The van der Waals surface area contributed by atoms with Crippen LogP contribution in [0.15, 0.2) is 42.6 Å². The molecule has 0 aliphatic heterocycles. The normalized spacial score (nSPS) is 9.74. The van der Waals surface area contributed by atoms with Crippen LogP contribution in [0.1, 0.15) is 16.1 Å². The molecular weight excluding hydrogens is 262 g/mol. The van der Waals surface area contributed by atoms with E-state index in [1.807, 2.05) is 6.07 Å². The molecule has 0 fully saturated rings. The summed E-state index contributed by atoms with van der Waals surface area (Å²) in [5, 5.41) is 9.19. The van der Waals surface area contributed by atoms with Crippen LogP contribution in [0, 0.1) is 11.3 Å². The van der Waals surface area contributed by atoms with Crippen molar-refractivity contribution in [3.8, 4) is 6.07 Å². The molecule has 0 bridgehead atoms. The number of anilines is 1. The molecule has 1 amide bonds. The topological polar surface area (TPSA) is 57.0 Å². The molecule has 94 valence electrons. The van der Waals surface area contributed by atoms with Crippen molar-refractivity contribution in [3.05, 3.63) is 58.9 Å². The van der Waals surface area contributed by atoms with Gasteiger partial charge in [0.05, 0.1) is 11.6 Å². The van der Waals surface area contributed by atoms with Crippen LogP contribution in [0.3, 0.4) is 0 Å². The van der Waals surface area contributed by atoms with Crippen LogP contribution in [0.2, 0.25) is 5.02 Å². The first-order valence-electron chi connectivity index (χ1n) is 5.51. The fourth-order valence-corrected chi connectivity index (χ4v) is 1.73. The smallest absolute Gasteiger partial charge is 0.276 e. The summed E-state index contributed by atoms with van der Waals surface area (Å²) in [7, 11) is 1.65. The molecule has 0 unspecified atom stereocenters. The van der Waals surface area contributed by atoms with Crippen LogP contribution in [0.4, 0.5) is 5.69 Å². The number of hydrogen-bond acceptors (Lipinski definition) is 3. The summed E-state index contributed by atoms with van der Waals surface area (Å²) in [6.45, 7) is 0. The molecule has 2 aromatic rings. The maximum Gasteiger partial charge on any atom is 0.276 e. The number of carbonyl (C=O) groups excluding carboxylic acids is 1. The Morgan fingerprint density at radius 2 is 2.00 bits per heavy atom. The van der Waals surface area contributed by atoms with Gasteiger partial charge in [-0.25, -0.2) is 0 Å². The van der Waals surface area contributed by atoms with E-state index in [1.165, 1.54) is 17.2 Å². The van der Waals surface area contributed by atoms with Crippen LogP contribution < -0.4 is 4.90 Å². The fraction of sp³-hybridized carbons (Fsp3) is 0.0714. The Hall–Kier alpha value is -2.38. The van der Waals surface area contributed by atoms with Gasteiger partial charge in [-0.1, -0.05) is 11.6 Å². The molecule has 4 nitrogen and oxygen atoms in total. The molecule has 0 N–H and O–H groups in total.